The zero-order valence-electron chi connectivity index (χ0n) is 12.5. The minimum absolute atomic E-state index is 0.310. The second-order valence-electron chi connectivity index (χ2n) is 4.64. The maximum Gasteiger partial charge on any atom is 0.338 e. The molecule has 0 aliphatic rings. The first-order chi connectivity index (χ1) is 10.6. The summed E-state index contributed by atoms with van der Waals surface area (Å²) in [6, 6.07) is 14.6. The van der Waals surface area contributed by atoms with E-state index in [-0.39, 0.29) is 12.5 Å². The van der Waals surface area contributed by atoms with Crippen molar-refractivity contribution in [1.82, 2.24) is 0 Å². The third kappa shape index (κ3) is 4.11. The van der Waals surface area contributed by atoms with Crippen LogP contribution in [0.2, 0.25) is 0 Å². The molecule has 0 aliphatic carbocycles. The third-order valence-corrected chi connectivity index (χ3v) is 3.88. The molecule has 114 valence electrons. The largest absolute Gasteiger partial charge is 0.452 e. The minimum Gasteiger partial charge on any atom is -0.452 e. The maximum atomic E-state index is 11.9. The fraction of sp³-hybridized carbons (Fsp3) is 0.176. The van der Waals surface area contributed by atoms with E-state index in [1.165, 1.54) is 11.8 Å². The molecule has 0 saturated heterocycles. The van der Waals surface area contributed by atoms with Gasteiger partial charge in [0.2, 0.25) is 0 Å². The molecule has 2 rings (SSSR count). The molecule has 0 aromatic heterocycles. The summed E-state index contributed by atoms with van der Waals surface area (Å²) in [4.78, 5) is 24.8. The topological polar surface area (TPSA) is 55.4 Å². The first kappa shape index (κ1) is 16.1. The Hall–Kier alpha value is -2.27. The summed E-state index contributed by atoms with van der Waals surface area (Å²) >= 11 is 1.54. The van der Waals surface area contributed by atoms with Crippen LogP contribution in [0.25, 0.3) is 0 Å². The monoisotopic (exact) mass is 315 g/mol. The smallest absolute Gasteiger partial charge is 0.338 e. The molecular weight excluding hydrogens is 298 g/mol. The number of rotatable bonds is 5. The minimum atomic E-state index is -0.494. The van der Waals surface area contributed by atoms with E-state index in [9.17, 15) is 9.59 Å². The lowest BCUT2D eigenvalue weighted by Gasteiger charge is -2.10. The van der Waals surface area contributed by atoms with Crippen LogP contribution >= 0.6 is 11.8 Å². The van der Waals surface area contributed by atoms with Crippen molar-refractivity contribution in [2.75, 3.05) is 18.2 Å². The Morgan fingerprint density at radius 2 is 1.77 bits per heavy atom. The molecule has 0 unspecified atom stereocenters. The Balaban J connectivity index is 1.93. The maximum absolute atomic E-state index is 11.9. The molecule has 0 atom stereocenters. The highest BCUT2D eigenvalue weighted by molar-refractivity contribution is 7.98. The molecule has 1 N–H and O–H groups in total. The van der Waals surface area contributed by atoms with Crippen LogP contribution in [0.3, 0.4) is 0 Å². The molecular formula is C17H17NO3S. The van der Waals surface area contributed by atoms with Gasteiger partial charge in [-0.05, 0) is 36.9 Å². The first-order valence-electron chi connectivity index (χ1n) is 6.77. The molecule has 5 heteroatoms. The Kier molecular flexibility index (Phi) is 5.61. The molecule has 22 heavy (non-hydrogen) atoms. The first-order valence-corrected chi connectivity index (χ1v) is 8.00. The van der Waals surface area contributed by atoms with Crippen molar-refractivity contribution < 1.29 is 14.3 Å². The number of aryl methyl sites for hydroxylation is 1. The number of amides is 1. The van der Waals surface area contributed by atoms with Gasteiger partial charge in [0.05, 0.1) is 11.3 Å². The number of para-hydroxylation sites is 1. The molecule has 0 saturated carbocycles. The van der Waals surface area contributed by atoms with Gasteiger partial charge in [0.1, 0.15) is 0 Å². The number of benzene rings is 2. The van der Waals surface area contributed by atoms with Crippen LogP contribution in [-0.4, -0.2) is 24.7 Å². The van der Waals surface area contributed by atoms with Crippen LogP contribution in [0.5, 0.6) is 0 Å². The van der Waals surface area contributed by atoms with Gasteiger partial charge in [-0.15, -0.1) is 11.8 Å². The van der Waals surface area contributed by atoms with Crippen molar-refractivity contribution in [3.63, 3.8) is 0 Å². The lowest BCUT2D eigenvalue weighted by Crippen LogP contribution is -2.21. The Labute approximate surface area is 133 Å². The van der Waals surface area contributed by atoms with E-state index >= 15 is 0 Å². The van der Waals surface area contributed by atoms with Gasteiger partial charge in [-0.25, -0.2) is 4.79 Å². The van der Waals surface area contributed by atoms with Gasteiger partial charge < -0.3 is 10.1 Å². The zero-order valence-corrected chi connectivity index (χ0v) is 13.3. The van der Waals surface area contributed by atoms with Gasteiger partial charge in [0.15, 0.2) is 6.61 Å². The van der Waals surface area contributed by atoms with E-state index in [1.54, 1.807) is 12.1 Å². The zero-order chi connectivity index (χ0) is 15.9. The summed E-state index contributed by atoms with van der Waals surface area (Å²) in [5.74, 6) is -0.852. The van der Waals surface area contributed by atoms with E-state index in [0.717, 1.165) is 10.5 Å². The second-order valence-corrected chi connectivity index (χ2v) is 5.49. The number of esters is 1. The van der Waals surface area contributed by atoms with Crippen LogP contribution in [-0.2, 0) is 9.53 Å². The quantitative estimate of drug-likeness (QED) is 0.677. The highest BCUT2D eigenvalue weighted by Crippen LogP contribution is 2.24. The van der Waals surface area contributed by atoms with Crippen molar-refractivity contribution >= 4 is 29.3 Å². The summed E-state index contributed by atoms with van der Waals surface area (Å²) in [5.41, 5.74) is 2.01. The van der Waals surface area contributed by atoms with Gasteiger partial charge in [-0.2, -0.15) is 0 Å². The van der Waals surface area contributed by atoms with Crippen molar-refractivity contribution in [3.05, 3.63) is 59.7 Å². The lowest BCUT2D eigenvalue weighted by atomic mass is 10.1. The van der Waals surface area contributed by atoms with Crippen molar-refractivity contribution in [2.45, 2.75) is 11.8 Å². The molecule has 1 amide bonds. The summed E-state index contributed by atoms with van der Waals surface area (Å²) in [6.45, 7) is 1.52. The predicted molar refractivity (Wildman–Crippen MR) is 88.3 cm³/mol. The average molecular weight is 315 g/mol. The molecule has 0 fully saturated rings. The highest BCUT2D eigenvalue weighted by atomic mass is 32.2. The van der Waals surface area contributed by atoms with Crippen LogP contribution in [0.15, 0.2) is 53.4 Å². The van der Waals surface area contributed by atoms with E-state index in [0.29, 0.717) is 11.3 Å². The van der Waals surface area contributed by atoms with Crippen LogP contribution < -0.4 is 5.32 Å². The van der Waals surface area contributed by atoms with Gasteiger partial charge in [0.25, 0.3) is 5.91 Å². The fourth-order valence-corrected chi connectivity index (χ4v) is 2.50. The standard InChI is InChI=1S/C17H17NO3S/c1-12-7-3-4-8-13(12)17(20)21-11-16(19)18-14-9-5-6-10-15(14)22-2/h3-10H,11H2,1-2H3,(H,18,19). The molecule has 4 nitrogen and oxygen atoms in total. The summed E-state index contributed by atoms with van der Waals surface area (Å²) in [5, 5.41) is 2.75. The highest BCUT2D eigenvalue weighted by Gasteiger charge is 2.12. The van der Waals surface area contributed by atoms with Crippen molar-refractivity contribution in [1.29, 1.82) is 0 Å². The SMILES string of the molecule is CSc1ccccc1NC(=O)COC(=O)c1ccccc1C. The lowest BCUT2D eigenvalue weighted by molar-refractivity contribution is -0.119. The number of carbonyl (C=O) groups is 2. The Bertz CT molecular complexity index is 685. The molecule has 0 aliphatic heterocycles. The average Bonchev–Trinajstić information content (AvgIpc) is 2.53. The van der Waals surface area contributed by atoms with Crippen molar-refractivity contribution in [3.8, 4) is 0 Å². The van der Waals surface area contributed by atoms with Gasteiger partial charge >= 0.3 is 5.97 Å². The number of anilines is 1. The van der Waals surface area contributed by atoms with Crippen LogP contribution in [0, 0.1) is 6.92 Å². The van der Waals surface area contributed by atoms with Gasteiger partial charge in [-0.3, -0.25) is 4.79 Å². The summed E-state index contributed by atoms with van der Waals surface area (Å²) < 4.78 is 5.06. The molecule has 0 spiro atoms. The Morgan fingerprint density at radius 3 is 2.50 bits per heavy atom. The summed E-state index contributed by atoms with van der Waals surface area (Å²) in [7, 11) is 0. The molecule has 0 heterocycles. The molecule has 0 bridgehead atoms. The number of hydrogen-bond acceptors (Lipinski definition) is 4. The van der Waals surface area contributed by atoms with E-state index in [2.05, 4.69) is 5.32 Å². The summed E-state index contributed by atoms with van der Waals surface area (Å²) in [6.07, 6.45) is 1.93. The Morgan fingerprint density at radius 1 is 1.09 bits per heavy atom. The number of carbonyl (C=O) groups excluding carboxylic acids is 2. The molecule has 2 aromatic rings. The van der Waals surface area contributed by atoms with Crippen LogP contribution in [0.4, 0.5) is 5.69 Å². The van der Waals surface area contributed by atoms with E-state index in [4.69, 9.17) is 4.74 Å². The van der Waals surface area contributed by atoms with Gasteiger partial charge in [0, 0.05) is 4.90 Å². The normalized spacial score (nSPS) is 10.1. The number of nitrogens with one attached hydrogen (secondary N) is 1. The third-order valence-electron chi connectivity index (χ3n) is 3.08. The molecule has 0 radical (unpaired) electrons. The second kappa shape index (κ2) is 7.66. The number of thioether (sulfide) groups is 1. The fourth-order valence-electron chi connectivity index (χ4n) is 1.94. The van der Waals surface area contributed by atoms with Crippen molar-refractivity contribution in [2.24, 2.45) is 0 Å². The van der Waals surface area contributed by atoms with Gasteiger partial charge in [-0.1, -0.05) is 30.3 Å². The van der Waals surface area contributed by atoms with E-state index in [1.807, 2.05) is 49.6 Å². The molecule has 2 aromatic carbocycles. The van der Waals surface area contributed by atoms with Crippen LogP contribution in [0.1, 0.15) is 15.9 Å². The van der Waals surface area contributed by atoms with E-state index < -0.39 is 5.97 Å². The number of ether oxygens (including phenoxy) is 1. The predicted octanol–water partition coefficient (Wildman–Crippen LogP) is 3.51. The number of hydrogen-bond donors (Lipinski definition) is 1.